The van der Waals surface area contributed by atoms with Gasteiger partial charge in [-0.05, 0) is 69.1 Å². The van der Waals surface area contributed by atoms with Gasteiger partial charge in [0.1, 0.15) is 0 Å². The van der Waals surface area contributed by atoms with Crippen LogP contribution in [0.4, 0.5) is 0 Å². The lowest BCUT2D eigenvalue weighted by Gasteiger charge is -2.34. The Morgan fingerprint density at radius 2 is 0.708 bits per heavy atom. The molecule has 0 N–H and O–H groups in total. The van der Waals surface area contributed by atoms with Gasteiger partial charge in [-0.1, -0.05) is 132 Å². The molecule has 0 spiro atoms. The molecule has 0 amide bonds. The number of hydrogen-bond donors (Lipinski definition) is 0. The number of rotatable bonds is 0. The lowest BCUT2D eigenvalue weighted by molar-refractivity contribution is 1.14. The molecule has 218 valence electrons. The highest BCUT2D eigenvalue weighted by Crippen LogP contribution is 2.43. The van der Waals surface area contributed by atoms with E-state index >= 15 is 0 Å². The predicted octanol–water partition coefficient (Wildman–Crippen LogP) is 5.35. The molecule has 4 aliphatic heterocycles. The van der Waals surface area contributed by atoms with Crippen LogP contribution in [0.15, 0.2) is 133 Å². The molecule has 0 saturated heterocycles. The molecule has 2 aromatic heterocycles. The summed E-state index contributed by atoms with van der Waals surface area (Å²) < 4.78 is 5.31. The Kier molecular flexibility index (Phi) is 4.18. The number of fused-ring (bicyclic) bond motifs is 17. The van der Waals surface area contributed by atoms with Crippen LogP contribution >= 0.6 is 0 Å². The molecule has 6 heterocycles. The van der Waals surface area contributed by atoms with Crippen molar-refractivity contribution < 1.29 is 0 Å². The van der Waals surface area contributed by atoms with Gasteiger partial charge in [0.25, 0.3) is 0 Å². The molecule has 0 bridgehead atoms. The van der Waals surface area contributed by atoms with Crippen molar-refractivity contribution in [2.24, 2.45) is 0 Å². The summed E-state index contributed by atoms with van der Waals surface area (Å²) in [6.45, 7) is 0.492. The highest BCUT2D eigenvalue weighted by atomic mass is 15.1. The van der Waals surface area contributed by atoms with E-state index in [9.17, 15) is 0 Å². The maximum absolute atomic E-state index is 2.66. The summed E-state index contributed by atoms with van der Waals surface area (Å²) in [7, 11) is 0. The van der Waals surface area contributed by atoms with Gasteiger partial charge in [-0.3, -0.25) is 0 Å². The minimum atomic E-state index is 0.246. The fourth-order valence-electron chi connectivity index (χ4n) is 10.5. The van der Waals surface area contributed by atoms with E-state index in [0.717, 1.165) is 12.8 Å². The molecule has 0 fully saturated rings. The molecule has 13 rings (SSSR count). The van der Waals surface area contributed by atoms with Crippen LogP contribution in [0.2, 0.25) is 0 Å². The average molecular weight is 604 g/mol. The van der Waals surface area contributed by atoms with E-state index in [4.69, 9.17) is 0 Å². The third-order valence-electron chi connectivity index (χ3n) is 12.3. The molecule has 4 heteroatoms. The Morgan fingerprint density at radius 3 is 1.19 bits per heavy atom. The first-order valence-corrected chi connectivity index (χ1v) is 17.3. The fraction of sp³-hybridized carbons (Fsp3) is 0.0455. The molecule has 0 saturated carbocycles. The number of hydrogen-bond acceptors (Lipinski definition) is 0. The molecular formula is C44H26B2N2. The van der Waals surface area contributed by atoms with Crippen LogP contribution in [0.1, 0.15) is 22.3 Å². The first-order chi connectivity index (χ1) is 23.8. The third-order valence-corrected chi connectivity index (χ3v) is 12.3. The van der Waals surface area contributed by atoms with Crippen molar-refractivity contribution in [3.05, 3.63) is 156 Å². The fourth-order valence-corrected chi connectivity index (χ4v) is 10.5. The summed E-state index contributed by atoms with van der Waals surface area (Å²) in [6, 6.07) is 51.2. The van der Waals surface area contributed by atoms with Crippen molar-refractivity contribution in [3.63, 3.8) is 0 Å². The molecule has 48 heavy (non-hydrogen) atoms. The molecule has 2 nitrogen and oxygen atoms in total. The van der Waals surface area contributed by atoms with Gasteiger partial charge in [-0.15, -0.1) is 0 Å². The minimum Gasteiger partial charge on any atom is -0.308 e. The van der Waals surface area contributed by atoms with E-state index in [0.29, 0.717) is 0 Å². The van der Waals surface area contributed by atoms with Gasteiger partial charge < -0.3 is 9.13 Å². The highest BCUT2D eigenvalue weighted by molar-refractivity contribution is 6.99. The van der Waals surface area contributed by atoms with E-state index in [2.05, 4.69) is 143 Å². The van der Waals surface area contributed by atoms with Gasteiger partial charge in [0, 0.05) is 44.0 Å². The van der Waals surface area contributed by atoms with Gasteiger partial charge >= 0.3 is 0 Å². The Morgan fingerprint density at radius 1 is 0.333 bits per heavy atom. The van der Waals surface area contributed by atoms with Crippen LogP contribution in [0.3, 0.4) is 0 Å². The number of para-hydroxylation sites is 2. The molecule has 0 aliphatic carbocycles. The summed E-state index contributed by atoms with van der Waals surface area (Å²) in [4.78, 5) is 0. The monoisotopic (exact) mass is 604 g/mol. The SMILES string of the molecule is c1ccc2c(c1)Cc1ccc3c4ccc5c6ccc7c8c6n(c5c4n4c3c1B2c1ccccc1-4)-c1ccccc1B8c1ccccc1C7. The number of benzene rings is 7. The number of aromatic nitrogens is 2. The maximum atomic E-state index is 2.66. The Bertz CT molecular complexity index is 2780. The molecule has 7 aromatic carbocycles. The van der Waals surface area contributed by atoms with E-state index < -0.39 is 0 Å². The van der Waals surface area contributed by atoms with Crippen LogP contribution in [-0.2, 0) is 12.8 Å². The normalized spacial score (nSPS) is 14.4. The lowest BCUT2D eigenvalue weighted by atomic mass is 9.32. The molecular weight excluding hydrogens is 578 g/mol. The van der Waals surface area contributed by atoms with Gasteiger partial charge in [0.05, 0.1) is 11.0 Å². The van der Waals surface area contributed by atoms with E-state index in [-0.39, 0.29) is 13.4 Å². The predicted molar refractivity (Wildman–Crippen MR) is 203 cm³/mol. The van der Waals surface area contributed by atoms with Crippen LogP contribution in [0.5, 0.6) is 0 Å². The summed E-state index contributed by atoms with van der Waals surface area (Å²) in [5, 5.41) is 5.40. The Hall–Kier alpha value is -5.73. The van der Waals surface area contributed by atoms with Crippen molar-refractivity contribution in [2.75, 3.05) is 0 Å². The van der Waals surface area contributed by atoms with Crippen LogP contribution in [-0.4, -0.2) is 22.6 Å². The first-order valence-electron chi connectivity index (χ1n) is 17.3. The quantitative estimate of drug-likeness (QED) is 0.207. The standard InChI is InChI=1S/C44H26B2N2/c1-3-11-33-25(9-1)23-27-17-19-29-31-21-22-32-30-20-18-28-24-26-10-2-4-12-34(26)46-36-14-6-8-16-38(36)48(42(30)40(28)46)44(32)43(31)47-37-15-7-5-13-35(37)45(33)39(27)41(29)47/h1-22H,23-24H2. The van der Waals surface area contributed by atoms with Crippen molar-refractivity contribution in [1.82, 2.24) is 9.13 Å². The first kappa shape index (κ1) is 24.4. The van der Waals surface area contributed by atoms with Crippen LogP contribution in [0.25, 0.3) is 55.0 Å². The van der Waals surface area contributed by atoms with Crippen molar-refractivity contribution >= 4 is 89.8 Å². The zero-order valence-electron chi connectivity index (χ0n) is 26.2. The second-order valence-electron chi connectivity index (χ2n) is 14.3. The summed E-state index contributed by atoms with van der Waals surface area (Å²) in [5.74, 6) is 0. The van der Waals surface area contributed by atoms with Crippen LogP contribution in [0, 0.1) is 0 Å². The van der Waals surface area contributed by atoms with Crippen LogP contribution < -0.4 is 32.8 Å². The highest BCUT2D eigenvalue weighted by Gasteiger charge is 2.41. The molecule has 0 radical (unpaired) electrons. The largest absolute Gasteiger partial charge is 0.308 e. The van der Waals surface area contributed by atoms with Gasteiger partial charge in [-0.25, -0.2) is 0 Å². The van der Waals surface area contributed by atoms with Gasteiger partial charge in [-0.2, -0.15) is 0 Å². The summed E-state index contributed by atoms with van der Waals surface area (Å²) in [5.41, 5.74) is 22.6. The second kappa shape index (κ2) is 8.21. The second-order valence-corrected chi connectivity index (χ2v) is 14.3. The molecule has 4 aliphatic rings. The minimum absolute atomic E-state index is 0.246. The smallest absolute Gasteiger partial charge is 0.247 e. The summed E-state index contributed by atoms with van der Waals surface area (Å²) in [6.07, 6.45) is 1.97. The Balaban J connectivity index is 1.26. The van der Waals surface area contributed by atoms with E-state index in [1.54, 1.807) is 0 Å². The maximum Gasteiger partial charge on any atom is 0.247 e. The van der Waals surface area contributed by atoms with Gasteiger partial charge in [0.2, 0.25) is 13.4 Å². The zero-order chi connectivity index (χ0) is 30.8. The summed E-state index contributed by atoms with van der Waals surface area (Å²) >= 11 is 0. The molecule has 0 atom stereocenters. The zero-order valence-corrected chi connectivity index (χ0v) is 26.2. The van der Waals surface area contributed by atoms with Crippen molar-refractivity contribution in [2.45, 2.75) is 12.8 Å². The van der Waals surface area contributed by atoms with E-state index in [1.807, 2.05) is 0 Å². The average Bonchev–Trinajstić information content (AvgIpc) is 3.67. The van der Waals surface area contributed by atoms with Gasteiger partial charge in [0.15, 0.2) is 0 Å². The molecule has 0 unspecified atom stereocenters. The van der Waals surface area contributed by atoms with Crippen molar-refractivity contribution in [1.29, 1.82) is 0 Å². The Labute approximate surface area is 278 Å². The topological polar surface area (TPSA) is 9.86 Å². The van der Waals surface area contributed by atoms with E-state index in [1.165, 1.54) is 110 Å². The third kappa shape index (κ3) is 2.64. The molecule has 9 aromatic rings. The lowest BCUT2D eigenvalue weighted by Crippen LogP contribution is -2.60. The van der Waals surface area contributed by atoms with Crippen molar-refractivity contribution in [3.8, 4) is 11.4 Å². The number of nitrogens with zero attached hydrogens (tertiary/aromatic N) is 2.